The molecule has 0 amide bonds. The van der Waals surface area contributed by atoms with Crippen molar-refractivity contribution in [1.82, 2.24) is 14.3 Å². The number of rotatable bonds is 3. The fourth-order valence-corrected chi connectivity index (χ4v) is 4.54. The number of anilines is 1. The molecule has 1 fully saturated rings. The molecule has 0 radical (unpaired) electrons. The summed E-state index contributed by atoms with van der Waals surface area (Å²) in [7, 11) is -3.84. The Bertz CT molecular complexity index is 1050. The Labute approximate surface area is 151 Å². The molecule has 6 nitrogen and oxygen atoms in total. The van der Waals surface area contributed by atoms with Crippen LogP contribution in [0.3, 0.4) is 0 Å². The van der Waals surface area contributed by atoms with Gasteiger partial charge in [-0.3, -0.25) is 4.98 Å². The predicted molar refractivity (Wildman–Crippen MR) is 96.9 cm³/mol. The van der Waals surface area contributed by atoms with Gasteiger partial charge in [0.1, 0.15) is 16.5 Å². The van der Waals surface area contributed by atoms with Crippen LogP contribution in [-0.2, 0) is 10.0 Å². The molecule has 8 heteroatoms. The number of sulfonamides is 1. The summed E-state index contributed by atoms with van der Waals surface area (Å²) in [6.07, 6.45) is 1.70. The predicted octanol–water partition coefficient (Wildman–Crippen LogP) is 2.28. The highest BCUT2D eigenvalue weighted by molar-refractivity contribution is 7.89. The maximum Gasteiger partial charge on any atom is 0.246 e. The van der Waals surface area contributed by atoms with Crippen molar-refractivity contribution in [3.8, 4) is 0 Å². The molecule has 134 valence electrons. The second-order valence-electron chi connectivity index (χ2n) is 6.04. The van der Waals surface area contributed by atoms with E-state index in [9.17, 15) is 12.8 Å². The van der Waals surface area contributed by atoms with Crippen LogP contribution in [-0.4, -0.2) is 48.9 Å². The van der Waals surface area contributed by atoms with Crippen LogP contribution in [0.4, 0.5) is 10.2 Å². The summed E-state index contributed by atoms with van der Waals surface area (Å²) in [4.78, 5) is 10.7. The zero-order valence-corrected chi connectivity index (χ0v) is 14.7. The van der Waals surface area contributed by atoms with Gasteiger partial charge >= 0.3 is 0 Å². The van der Waals surface area contributed by atoms with Crippen LogP contribution in [0.25, 0.3) is 11.0 Å². The number of nitrogens with zero attached hydrogens (tertiary/aromatic N) is 4. The van der Waals surface area contributed by atoms with Gasteiger partial charge in [0, 0.05) is 26.2 Å². The Hall–Kier alpha value is -2.58. The monoisotopic (exact) mass is 372 g/mol. The number of aromatic nitrogens is 2. The fourth-order valence-electron chi connectivity index (χ4n) is 3.05. The minimum absolute atomic E-state index is 0.269. The van der Waals surface area contributed by atoms with Crippen LogP contribution in [0.1, 0.15) is 0 Å². The van der Waals surface area contributed by atoms with E-state index in [-0.39, 0.29) is 18.0 Å². The van der Waals surface area contributed by atoms with Gasteiger partial charge in [0.05, 0.1) is 17.2 Å². The molecule has 3 aromatic rings. The van der Waals surface area contributed by atoms with E-state index in [1.807, 2.05) is 29.2 Å². The topological polar surface area (TPSA) is 66.4 Å². The fraction of sp³-hybridized carbons (Fsp3) is 0.222. The van der Waals surface area contributed by atoms with Crippen molar-refractivity contribution in [1.29, 1.82) is 0 Å². The Morgan fingerprint density at radius 2 is 1.54 bits per heavy atom. The first-order valence-electron chi connectivity index (χ1n) is 8.27. The van der Waals surface area contributed by atoms with Gasteiger partial charge in [0.2, 0.25) is 10.0 Å². The maximum atomic E-state index is 13.9. The summed E-state index contributed by atoms with van der Waals surface area (Å²) in [6.45, 7) is 1.48. The molecule has 1 aromatic heterocycles. The standard InChI is InChI=1S/C18H17FN4O2S/c19-14-5-1-4-8-17(14)26(24,25)23-11-9-22(10-12-23)18-13-20-15-6-2-3-7-16(15)21-18/h1-8,13H,9-12H2. The van der Waals surface area contributed by atoms with Crippen molar-refractivity contribution in [3.05, 3.63) is 60.5 Å². The number of hydrogen-bond donors (Lipinski definition) is 0. The summed E-state index contributed by atoms with van der Waals surface area (Å²) in [5.41, 5.74) is 1.61. The second-order valence-corrected chi connectivity index (χ2v) is 7.94. The molecule has 1 aliphatic heterocycles. The quantitative estimate of drug-likeness (QED) is 0.706. The van der Waals surface area contributed by atoms with E-state index in [0.717, 1.165) is 17.1 Å². The lowest BCUT2D eigenvalue weighted by Crippen LogP contribution is -2.49. The van der Waals surface area contributed by atoms with E-state index < -0.39 is 15.8 Å². The zero-order chi connectivity index (χ0) is 18.1. The smallest absolute Gasteiger partial charge is 0.246 e. The third-order valence-electron chi connectivity index (χ3n) is 4.45. The molecule has 26 heavy (non-hydrogen) atoms. The van der Waals surface area contributed by atoms with E-state index in [1.54, 1.807) is 6.20 Å². The number of para-hydroxylation sites is 2. The zero-order valence-electron chi connectivity index (χ0n) is 13.9. The van der Waals surface area contributed by atoms with Crippen molar-refractivity contribution in [2.24, 2.45) is 0 Å². The van der Waals surface area contributed by atoms with E-state index in [0.29, 0.717) is 18.9 Å². The lowest BCUT2D eigenvalue weighted by molar-refractivity contribution is 0.381. The highest BCUT2D eigenvalue weighted by Crippen LogP contribution is 2.22. The number of hydrogen-bond acceptors (Lipinski definition) is 5. The molecule has 0 spiro atoms. The van der Waals surface area contributed by atoms with Crippen molar-refractivity contribution in [3.63, 3.8) is 0 Å². The highest BCUT2D eigenvalue weighted by Gasteiger charge is 2.30. The lowest BCUT2D eigenvalue weighted by Gasteiger charge is -2.34. The van der Waals surface area contributed by atoms with Crippen LogP contribution in [0, 0.1) is 5.82 Å². The van der Waals surface area contributed by atoms with Crippen molar-refractivity contribution < 1.29 is 12.8 Å². The van der Waals surface area contributed by atoms with Crippen LogP contribution < -0.4 is 4.90 Å². The van der Waals surface area contributed by atoms with Gasteiger partial charge in [-0.15, -0.1) is 0 Å². The Morgan fingerprint density at radius 3 is 2.27 bits per heavy atom. The van der Waals surface area contributed by atoms with Gasteiger partial charge in [-0.05, 0) is 24.3 Å². The summed E-state index contributed by atoms with van der Waals surface area (Å²) >= 11 is 0. The van der Waals surface area contributed by atoms with Crippen LogP contribution in [0.15, 0.2) is 59.6 Å². The van der Waals surface area contributed by atoms with E-state index in [1.165, 1.54) is 22.5 Å². The first kappa shape index (κ1) is 16.9. The van der Waals surface area contributed by atoms with Crippen LogP contribution in [0.5, 0.6) is 0 Å². The molecule has 2 aromatic carbocycles. The van der Waals surface area contributed by atoms with Crippen molar-refractivity contribution in [2.75, 3.05) is 31.1 Å². The maximum absolute atomic E-state index is 13.9. The normalized spacial score (nSPS) is 16.1. The van der Waals surface area contributed by atoms with E-state index in [2.05, 4.69) is 9.97 Å². The number of piperazine rings is 1. The Morgan fingerprint density at radius 1 is 0.885 bits per heavy atom. The van der Waals surface area contributed by atoms with Gasteiger partial charge in [0.25, 0.3) is 0 Å². The lowest BCUT2D eigenvalue weighted by atomic mass is 10.3. The third kappa shape index (κ3) is 3.02. The van der Waals surface area contributed by atoms with Crippen LogP contribution >= 0.6 is 0 Å². The molecule has 1 saturated heterocycles. The third-order valence-corrected chi connectivity index (χ3v) is 6.38. The first-order chi connectivity index (χ1) is 12.6. The number of halogens is 1. The molecule has 0 unspecified atom stereocenters. The SMILES string of the molecule is O=S(=O)(c1ccccc1F)N1CCN(c2cnc3ccccc3n2)CC1. The average Bonchev–Trinajstić information content (AvgIpc) is 2.68. The van der Waals surface area contributed by atoms with Crippen molar-refractivity contribution >= 4 is 26.9 Å². The molecule has 0 bridgehead atoms. The van der Waals surface area contributed by atoms with Crippen LogP contribution in [0.2, 0.25) is 0 Å². The molecule has 1 aliphatic rings. The molecule has 2 heterocycles. The molecule has 0 saturated carbocycles. The van der Waals surface area contributed by atoms with Gasteiger partial charge in [-0.25, -0.2) is 17.8 Å². The molecule has 0 atom stereocenters. The largest absolute Gasteiger partial charge is 0.353 e. The number of benzene rings is 2. The van der Waals surface area contributed by atoms with Gasteiger partial charge in [-0.1, -0.05) is 24.3 Å². The molecule has 4 rings (SSSR count). The highest BCUT2D eigenvalue weighted by atomic mass is 32.2. The molecular formula is C18H17FN4O2S. The summed E-state index contributed by atoms with van der Waals surface area (Å²) < 4.78 is 40.5. The van der Waals surface area contributed by atoms with E-state index in [4.69, 9.17) is 0 Å². The molecule has 0 N–H and O–H groups in total. The first-order valence-corrected chi connectivity index (χ1v) is 9.71. The molecular weight excluding hydrogens is 355 g/mol. The van der Waals surface area contributed by atoms with E-state index >= 15 is 0 Å². The minimum Gasteiger partial charge on any atom is -0.353 e. The second kappa shape index (κ2) is 6.62. The van der Waals surface area contributed by atoms with Gasteiger partial charge in [-0.2, -0.15) is 4.31 Å². The summed E-state index contributed by atoms with van der Waals surface area (Å²) in [5, 5.41) is 0. The number of fused-ring (bicyclic) bond motifs is 1. The van der Waals surface area contributed by atoms with Gasteiger partial charge < -0.3 is 4.90 Å². The minimum atomic E-state index is -3.84. The Kier molecular flexibility index (Phi) is 4.29. The Balaban J connectivity index is 1.52. The van der Waals surface area contributed by atoms with Crippen molar-refractivity contribution in [2.45, 2.75) is 4.90 Å². The summed E-state index contributed by atoms with van der Waals surface area (Å²) in [6, 6.07) is 13.1. The van der Waals surface area contributed by atoms with Gasteiger partial charge in [0.15, 0.2) is 0 Å². The average molecular weight is 372 g/mol. The summed E-state index contributed by atoms with van der Waals surface area (Å²) in [5.74, 6) is -0.0121. The molecule has 0 aliphatic carbocycles.